The monoisotopic (exact) mass is 898 g/mol. The third kappa shape index (κ3) is 14.9. The molecule has 0 saturated heterocycles. The summed E-state index contributed by atoms with van der Waals surface area (Å²) in [5, 5.41) is 42.3. The molecule has 18 heteroatoms. The van der Waals surface area contributed by atoms with E-state index in [1.807, 2.05) is 18.2 Å². The average molecular weight is 899 g/mol. The van der Waals surface area contributed by atoms with Crippen LogP contribution in [0.4, 0.5) is 0 Å². The van der Waals surface area contributed by atoms with Crippen LogP contribution in [0.3, 0.4) is 0 Å². The minimum Gasteiger partial charge on any atom is -0.508 e. The van der Waals surface area contributed by atoms with E-state index < -0.39 is 103 Å². The van der Waals surface area contributed by atoms with E-state index in [2.05, 4.69) is 26.3 Å². The Morgan fingerprint density at radius 3 is 1.88 bits per heavy atom. The molecule has 0 aliphatic carbocycles. The fourth-order valence-electron chi connectivity index (χ4n) is 7.27. The Hall–Kier alpha value is -6.79. The van der Waals surface area contributed by atoms with Gasteiger partial charge in [-0.05, 0) is 60.1 Å². The molecule has 1 heterocycles. The molecule has 0 spiro atoms. The number of aromatic amines is 1. The van der Waals surface area contributed by atoms with Gasteiger partial charge in [0.2, 0.25) is 35.4 Å². The maximum atomic E-state index is 14.9. The van der Waals surface area contributed by atoms with Crippen molar-refractivity contribution in [3.05, 3.63) is 102 Å². The molecule has 4 aromatic rings. The molecule has 0 bridgehead atoms. The highest BCUT2D eigenvalue weighted by Crippen LogP contribution is 2.21. The van der Waals surface area contributed by atoms with Crippen LogP contribution < -0.4 is 32.7 Å². The smallest absolute Gasteiger partial charge is 0.326 e. The number of para-hydroxylation sites is 1. The Morgan fingerprint density at radius 2 is 1.28 bits per heavy atom. The second-order valence-corrected chi connectivity index (χ2v) is 17.0. The van der Waals surface area contributed by atoms with Crippen molar-refractivity contribution in [1.82, 2.24) is 31.2 Å². The molecule has 7 atom stereocenters. The molecule has 1 unspecified atom stereocenters. The van der Waals surface area contributed by atoms with Crippen LogP contribution in [-0.4, -0.2) is 116 Å². The lowest BCUT2D eigenvalue weighted by Gasteiger charge is -2.36. The topological polar surface area (TPSA) is 299 Å². The van der Waals surface area contributed by atoms with E-state index >= 15 is 0 Å². The van der Waals surface area contributed by atoms with Crippen LogP contribution in [-0.2, 0) is 52.8 Å². The van der Waals surface area contributed by atoms with Gasteiger partial charge in [0.25, 0.3) is 0 Å². The Labute approximate surface area is 377 Å². The molecule has 0 saturated carbocycles. The number of hydrogen-bond acceptors (Lipinski definition) is 10. The molecule has 3 aromatic carbocycles. The van der Waals surface area contributed by atoms with Crippen LogP contribution in [0.1, 0.15) is 64.2 Å². The zero-order chi connectivity index (χ0) is 48.0. The number of amides is 6. The number of aromatic nitrogens is 1. The highest BCUT2D eigenvalue weighted by Gasteiger charge is 2.39. The number of phenolic OH excluding ortho intramolecular Hbond substituents is 1. The Bertz CT molecular complexity index is 2260. The van der Waals surface area contributed by atoms with E-state index in [1.165, 1.54) is 19.1 Å². The van der Waals surface area contributed by atoms with Crippen LogP contribution in [0.15, 0.2) is 85.1 Å². The van der Waals surface area contributed by atoms with Gasteiger partial charge in [0.15, 0.2) is 0 Å². The van der Waals surface area contributed by atoms with Gasteiger partial charge < -0.3 is 57.9 Å². The SMILES string of the molecule is CC(O)CN(C(=O)[C@H](CCC(N)=O)NC(=O)[C@@H](NC(=O)[C@H](Cc1ccc(O)cc1)NC(=O)[C@@H](N)C(C)C)C(C)C)[C@@H](Cc1ccccc1)C(=O)N[C@@H](Cc1c[nH]c2ccccc12)C(=O)O. The van der Waals surface area contributed by atoms with Crippen molar-refractivity contribution in [2.75, 3.05) is 6.54 Å². The lowest BCUT2D eigenvalue weighted by molar-refractivity contribution is -0.147. The van der Waals surface area contributed by atoms with Crippen LogP contribution in [0.5, 0.6) is 5.75 Å². The Kier molecular flexibility index (Phi) is 18.6. The number of primary amides is 1. The van der Waals surface area contributed by atoms with Gasteiger partial charge in [0.05, 0.1) is 12.1 Å². The first-order valence-corrected chi connectivity index (χ1v) is 21.6. The number of H-pyrrole nitrogens is 1. The number of carbonyl (C=O) groups excluding carboxylic acids is 6. The molecule has 1 aromatic heterocycles. The first-order valence-electron chi connectivity index (χ1n) is 21.6. The third-order valence-corrected chi connectivity index (χ3v) is 11.0. The summed E-state index contributed by atoms with van der Waals surface area (Å²) < 4.78 is 0. The lowest BCUT2D eigenvalue weighted by atomic mass is 9.98. The number of nitrogens with two attached hydrogens (primary N) is 2. The van der Waals surface area contributed by atoms with Crippen molar-refractivity contribution in [2.45, 2.75) is 109 Å². The molecule has 0 aliphatic rings. The number of phenols is 1. The zero-order valence-electron chi connectivity index (χ0n) is 37.3. The van der Waals surface area contributed by atoms with E-state index in [0.717, 1.165) is 15.8 Å². The summed E-state index contributed by atoms with van der Waals surface area (Å²) in [6, 6.07) is 13.9. The first-order chi connectivity index (χ1) is 30.7. The molecule has 0 radical (unpaired) electrons. The number of fused-ring (bicyclic) bond motifs is 1. The summed E-state index contributed by atoms with van der Waals surface area (Å²) in [6.07, 6.45) is -0.609. The van der Waals surface area contributed by atoms with Crippen molar-refractivity contribution in [2.24, 2.45) is 23.3 Å². The quantitative estimate of drug-likeness (QED) is 0.0480. The molecular weight excluding hydrogens is 837 g/mol. The molecule has 4 rings (SSSR count). The number of aliphatic carboxylic acids is 1. The number of rotatable bonds is 24. The number of carboxylic acid groups (broad SMARTS) is 1. The van der Waals surface area contributed by atoms with Gasteiger partial charge in [0.1, 0.15) is 36.0 Å². The number of nitrogens with zero attached hydrogens (tertiary/aromatic N) is 1. The summed E-state index contributed by atoms with van der Waals surface area (Å²) in [5.74, 6) is -7.00. The molecular formula is C47H62N8O10. The van der Waals surface area contributed by atoms with Crippen molar-refractivity contribution >= 4 is 52.3 Å². The van der Waals surface area contributed by atoms with E-state index in [0.29, 0.717) is 16.7 Å². The fourth-order valence-corrected chi connectivity index (χ4v) is 7.27. The van der Waals surface area contributed by atoms with Crippen LogP contribution in [0.25, 0.3) is 10.9 Å². The van der Waals surface area contributed by atoms with Crippen LogP contribution >= 0.6 is 0 Å². The summed E-state index contributed by atoms with van der Waals surface area (Å²) >= 11 is 0. The number of benzene rings is 3. The molecule has 12 N–H and O–H groups in total. The van der Waals surface area contributed by atoms with Gasteiger partial charge in [-0.25, -0.2) is 4.79 Å². The van der Waals surface area contributed by atoms with Crippen LogP contribution in [0, 0.1) is 11.8 Å². The minimum absolute atomic E-state index is 0.0115. The van der Waals surface area contributed by atoms with Crippen molar-refractivity contribution in [3.8, 4) is 5.75 Å². The van der Waals surface area contributed by atoms with Crippen molar-refractivity contribution in [1.29, 1.82) is 0 Å². The van der Waals surface area contributed by atoms with Gasteiger partial charge in [-0.3, -0.25) is 28.8 Å². The fraction of sp³-hybridized carbons (Fsp3) is 0.426. The number of aliphatic hydroxyl groups excluding tert-OH is 1. The predicted molar refractivity (Wildman–Crippen MR) is 243 cm³/mol. The van der Waals surface area contributed by atoms with Crippen molar-refractivity contribution < 1.29 is 48.9 Å². The normalized spacial score (nSPS) is 14.6. The minimum atomic E-state index is -1.55. The lowest BCUT2D eigenvalue weighted by Crippen LogP contribution is -2.62. The molecule has 0 fully saturated rings. The molecule has 6 amide bonds. The Balaban J connectivity index is 1.67. The van der Waals surface area contributed by atoms with E-state index in [4.69, 9.17) is 11.5 Å². The van der Waals surface area contributed by atoms with Crippen LogP contribution in [0.2, 0.25) is 0 Å². The maximum absolute atomic E-state index is 14.9. The van der Waals surface area contributed by atoms with Gasteiger partial charge in [0, 0.05) is 49.3 Å². The molecule has 18 nitrogen and oxygen atoms in total. The number of aliphatic hydroxyl groups is 1. The third-order valence-electron chi connectivity index (χ3n) is 11.0. The van der Waals surface area contributed by atoms with Gasteiger partial charge in [-0.1, -0.05) is 88.4 Å². The number of carboxylic acids is 1. The number of aromatic hydroxyl groups is 1. The summed E-state index contributed by atoms with van der Waals surface area (Å²) in [4.78, 5) is 99.7. The van der Waals surface area contributed by atoms with Gasteiger partial charge in [-0.15, -0.1) is 0 Å². The summed E-state index contributed by atoms with van der Waals surface area (Å²) in [7, 11) is 0. The largest absolute Gasteiger partial charge is 0.508 e. The Morgan fingerprint density at radius 1 is 0.677 bits per heavy atom. The standard InChI is InChI=1S/C47H62N8O10/c1-26(2)40(49)44(61)52-36(21-30-15-17-32(57)18-16-30)42(59)54-41(27(3)4)45(62)51-35(19-20-39(48)58)46(63)55(25-28(5)56)38(22-29-11-7-6-8-12-29)43(60)53-37(47(64)65)23-31-24-50-34-14-10-9-13-33(31)34/h6-18,24,26-28,35-38,40-41,50,56-57H,19-23,25,49H2,1-5H3,(H2,48,58)(H,51,62)(H,52,61)(H,53,60)(H,54,59)(H,64,65)/t28?,35-,36-,37-,38-,40-,41-/m0/s1. The van der Waals surface area contributed by atoms with E-state index in [9.17, 15) is 48.9 Å². The second-order valence-electron chi connectivity index (χ2n) is 17.0. The van der Waals surface area contributed by atoms with Gasteiger partial charge >= 0.3 is 5.97 Å². The predicted octanol–water partition coefficient (Wildman–Crippen LogP) is 1.41. The highest BCUT2D eigenvalue weighted by atomic mass is 16.4. The van der Waals surface area contributed by atoms with Crippen molar-refractivity contribution in [3.63, 3.8) is 0 Å². The average Bonchev–Trinajstić information content (AvgIpc) is 3.67. The zero-order valence-corrected chi connectivity index (χ0v) is 37.3. The number of carbonyl (C=O) groups is 7. The second kappa shape index (κ2) is 23.8. The molecule has 350 valence electrons. The number of nitrogens with one attached hydrogen (secondary N) is 5. The maximum Gasteiger partial charge on any atom is 0.326 e. The van der Waals surface area contributed by atoms with Gasteiger partial charge in [-0.2, -0.15) is 0 Å². The molecule has 0 aliphatic heterocycles. The number of hydrogen-bond donors (Lipinski definition) is 10. The summed E-state index contributed by atoms with van der Waals surface area (Å²) in [5.41, 5.74) is 14.2. The highest BCUT2D eigenvalue weighted by molar-refractivity contribution is 5.97. The first kappa shape index (κ1) is 50.9. The van der Waals surface area contributed by atoms with E-state index in [1.54, 1.807) is 82.4 Å². The molecule has 65 heavy (non-hydrogen) atoms. The van der Waals surface area contributed by atoms with E-state index in [-0.39, 0.29) is 37.4 Å². The summed E-state index contributed by atoms with van der Waals surface area (Å²) in [6.45, 7) is 7.70.